The molecule has 0 unspecified atom stereocenters. The highest BCUT2D eigenvalue weighted by Crippen LogP contribution is 2.37. The Bertz CT molecular complexity index is 246. The second kappa shape index (κ2) is 4.12. The fourth-order valence-corrected chi connectivity index (χ4v) is 2.30. The zero-order chi connectivity index (χ0) is 10.9. The Morgan fingerprint density at radius 1 is 1.47 bits per heavy atom. The second-order valence-corrected chi connectivity index (χ2v) is 5.47. The molecule has 1 saturated heterocycles. The van der Waals surface area contributed by atoms with Crippen LogP contribution in [-0.4, -0.2) is 36.0 Å². The summed E-state index contributed by atoms with van der Waals surface area (Å²) < 4.78 is 0. The molecule has 1 aliphatic carbocycles. The summed E-state index contributed by atoms with van der Waals surface area (Å²) in [6.07, 6.45) is 4.30. The van der Waals surface area contributed by atoms with E-state index in [2.05, 4.69) is 24.1 Å². The Morgan fingerprint density at radius 3 is 2.80 bits per heavy atom. The van der Waals surface area contributed by atoms with Gasteiger partial charge in [0.25, 0.3) is 0 Å². The molecule has 2 aliphatic rings. The molecule has 1 aliphatic heterocycles. The van der Waals surface area contributed by atoms with Crippen molar-refractivity contribution in [1.29, 1.82) is 0 Å². The maximum absolute atomic E-state index is 12.0. The van der Waals surface area contributed by atoms with E-state index in [9.17, 15) is 4.79 Å². The van der Waals surface area contributed by atoms with Gasteiger partial charge in [0.2, 0.25) is 5.91 Å². The Morgan fingerprint density at radius 2 is 2.20 bits per heavy atom. The molecule has 0 aromatic carbocycles. The van der Waals surface area contributed by atoms with Crippen molar-refractivity contribution >= 4 is 5.91 Å². The maximum Gasteiger partial charge on any atom is 0.222 e. The predicted octanol–water partition coefficient (Wildman–Crippen LogP) is 1.39. The Balaban J connectivity index is 1.92. The number of amides is 1. The maximum atomic E-state index is 12.0. The fourth-order valence-electron chi connectivity index (χ4n) is 2.30. The summed E-state index contributed by atoms with van der Waals surface area (Å²) in [4.78, 5) is 14.1. The molecule has 1 spiro atoms. The van der Waals surface area contributed by atoms with Crippen molar-refractivity contribution in [2.24, 2.45) is 5.92 Å². The molecule has 1 amide bonds. The summed E-state index contributed by atoms with van der Waals surface area (Å²) in [7, 11) is 0. The van der Waals surface area contributed by atoms with Crippen molar-refractivity contribution in [3.05, 3.63) is 0 Å². The summed E-state index contributed by atoms with van der Waals surface area (Å²) in [6.45, 7) is 7.19. The van der Waals surface area contributed by atoms with Crippen molar-refractivity contribution in [3.8, 4) is 0 Å². The third-order valence-electron chi connectivity index (χ3n) is 3.39. The minimum atomic E-state index is 0.309. The van der Waals surface area contributed by atoms with Gasteiger partial charge in [0.15, 0.2) is 0 Å². The van der Waals surface area contributed by atoms with Crippen molar-refractivity contribution in [3.63, 3.8) is 0 Å². The van der Waals surface area contributed by atoms with Gasteiger partial charge >= 0.3 is 0 Å². The van der Waals surface area contributed by atoms with Crippen LogP contribution in [0.4, 0.5) is 0 Å². The van der Waals surface area contributed by atoms with E-state index >= 15 is 0 Å². The van der Waals surface area contributed by atoms with Crippen molar-refractivity contribution in [2.75, 3.05) is 19.6 Å². The fraction of sp³-hybridized carbons (Fsp3) is 0.917. The molecule has 0 atom stereocenters. The van der Waals surface area contributed by atoms with Crippen molar-refractivity contribution in [1.82, 2.24) is 10.2 Å². The molecule has 0 bridgehead atoms. The van der Waals surface area contributed by atoms with Crippen LogP contribution in [0.3, 0.4) is 0 Å². The van der Waals surface area contributed by atoms with Gasteiger partial charge in [-0.3, -0.25) is 4.79 Å². The molecule has 3 nitrogen and oxygen atoms in total. The predicted molar refractivity (Wildman–Crippen MR) is 60.6 cm³/mol. The van der Waals surface area contributed by atoms with Gasteiger partial charge in [0.1, 0.15) is 0 Å². The molecule has 0 aromatic heterocycles. The second-order valence-electron chi connectivity index (χ2n) is 5.47. The van der Waals surface area contributed by atoms with Crippen LogP contribution >= 0.6 is 0 Å². The van der Waals surface area contributed by atoms with Crippen LogP contribution in [0.2, 0.25) is 0 Å². The van der Waals surface area contributed by atoms with Crippen LogP contribution < -0.4 is 5.32 Å². The minimum Gasteiger partial charge on any atom is -0.341 e. The Kier molecular flexibility index (Phi) is 3.01. The number of rotatable bonds is 2. The number of carbonyl (C=O) groups excluding carboxylic acids is 1. The lowest BCUT2D eigenvalue weighted by atomic mass is 10.1. The zero-order valence-electron chi connectivity index (χ0n) is 9.88. The highest BCUT2D eigenvalue weighted by Gasteiger charge is 2.45. The van der Waals surface area contributed by atoms with Crippen LogP contribution in [0.1, 0.15) is 39.5 Å². The average Bonchev–Trinajstić information content (AvgIpc) is 2.93. The number of carbonyl (C=O) groups is 1. The highest BCUT2D eigenvalue weighted by atomic mass is 16.2. The first-order valence-corrected chi connectivity index (χ1v) is 6.14. The lowest BCUT2D eigenvalue weighted by molar-refractivity contribution is -0.132. The van der Waals surface area contributed by atoms with Gasteiger partial charge in [-0.05, 0) is 31.7 Å². The van der Waals surface area contributed by atoms with Crippen molar-refractivity contribution in [2.45, 2.75) is 45.1 Å². The summed E-state index contributed by atoms with van der Waals surface area (Å²) in [5.74, 6) is 0.823. The lowest BCUT2D eigenvalue weighted by Gasteiger charge is -2.25. The molecule has 2 fully saturated rings. The van der Waals surface area contributed by atoms with Crippen LogP contribution in [-0.2, 0) is 4.79 Å². The molecular weight excluding hydrogens is 188 g/mol. The number of hydrogen-bond donors (Lipinski definition) is 1. The molecule has 1 N–H and O–H groups in total. The molecular formula is C12H22N2O. The standard InChI is InChI=1S/C12H22N2O/c1-10(2)8-11(15)14-7-3-6-13-12(9-14)4-5-12/h10,13H,3-9H2,1-2H3. The summed E-state index contributed by atoms with van der Waals surface area (Å²) in [5.41, 5.74) is 0.309. The molecule has 86 valence electrons. The van der Waals surface area contributed by atoms with E-state index < -0.39 is 0 Å². The summed E-state index contributed by atoms with van der Waals surface area (Å²) in [5, 5.41) is 3.58. The van der Waals surface area contributed by atoms with Crippen LogP contribution in [0.15, 0.2) is 0 Å². The smallest absolute Gasteiger partial charge is 0.222 e. The topological polar surface area (TPSA) is 32.3 Å². The molecule has 0 aromatic rings. The van der Waals surface area contributed by atoms with Crippen LogP contribution in [0, 0.1) is 5.92 Å². The average molecular weight is 210 g/mol. The molecule has 15 heavy (non-hydrogen) atoms. The molecule has 3 heteroatoms. The Hall–Kier alpha value is -0.570. The van der Waals surface area contributed by atoms with E-state index in [-0.39, 0.29) is 0 Å². The molecule has 1 saturated carbocycles. The van der Waals surface area contributed by atoms with E-state index in [1.165, 1.54) is 12.8 Å². The molecule has 1 heterocycles. The van der Waals surface area contributed by atoms with E-state index in [1.54, 1.807) is 0 Å². The summed E-state index contributed by atoms with van der Waals surface area (Å²) in [6, 6.07) is 0. The lowest BCUT2D eigenvalue weighted by Crippen LogP contribution is -2.42. The quantitative estimate of drug-likeness (QED) is 0.747. The SMILES string of the molecule is CC(C)CC(=O)N1CCCNC2(CC2)C1. The monoisotopic (exact) mass is 210 g/mol. The van der Waals surface area contributed by atoms with Gasteiger partial charge in [-0.2, -0.15) is 0 Å². The van der Waals surface area contributed by atoms with Gasteiger partial charge < -0.3 is 10.2 Å². The van der Waals surface area contributed by atoms with Gasteiger partial charge in [-0.15, -0.1) is 0 Å². The van der Waals surface area contributed by atoms with Crippen LogP contribution in [0.25, 0.3) is 0 Å². The van der Waals surface area contributed by atoms with Crippen LogP contribution in [0.5, 0.6) is 0 Å². The van der Waals surface area contributed by atoms with E-state index in [0.717, 1.165) is 26.1 Å². The first-order valence-electron chi connectivity index (χ1n) is 6.14. The van der Waals surface area contributed by atoms with E-state index in [4.69, 9.17) is 0 Å². The third kappa shape index (κ3) is 2.71. The number of nitrogens with zero attached hydrogens (tertiary/aromatic N) is 1. The zero-order valence-corrected chi connectivity index (χ0v) is 9.88. The van der Waals surface area contributed by atoms with E-state index in [0.29, 0.717) is 23.8 Å². The Labute approximate surface area is 92.2 Å². The number of nitrogens with one attached hydrogen (secondary N) is 1. The molecule has 2 rings (SSSR count). The normalized spacial score (nSPS) is 24.3. The van der Waals surface area contributed by atoms with E-state index in [1.807, 2.05) is 0 Å². The van der Waals surface area contributed by atoms with Gasteiger partial charge in [-0.1, -0.05) is 13.8 Å². The summed E-state index contributed by atoms with van der Waals surface area (Å²) >= 11 is 0. The first kappa shape index (κ1) is 10.9. The van der Waals surface area contributed by atoms with Gasteiger partial charge in [-0.25, -0.2) is 0 Å². The molecule has 0 radical (unpaired) electrons. The highest BCUT2D eigenvalue weighted by molar-refractivity contribution is 5.76. The van der Waals surface area contributed by atoms with Gasteiger partial charge in [0, 0.05) is 25.0 Å². The number of hydrogen-bond acceptors (Lipinski definition) is 2. The van der Waals surface area contributed by atoms with Gasteiger partial charge in [0.05, 0.1) is 0 Å². The minimum absolute atomic E-state index is 0.309. The third-order valence-corrected chi connectivity index (χ3v) is 3.39. The van der Waals surface area contributed by atoms with Crippen molar-refractivity contribution < 1.29 is 4.79 Å². The first-order chi connectivity index (χ1) is 7.11. The largest absolute Gasteiger partial charge is 0.341 e.